The van der Waals surface area contributed by atoms with Crippen LogP contribution in [-0.4, -0.2) is 40.0 Å². The highest BCUT2D eigenvalue weighted by molar-refractivity contribution is 6.21. The average molecular weight is 257 g/mol. The Morgan fingerprint density at radius 3 is 2.53 bits per heavy atom. The van der Waals surface area contributed by atoms with Crippen molar-refractivity contribution < 1.29 is 15.0 Å². The molecule has 0 aromatic heterocycles. The summed E-state index contributed by atoms with van der Waals surface area (Å²) in [7, 11) is 0. The minimum Gasteiger partial charge on any atom is -0.396 e. The SMILES string of the molecule is O=C(CCCO)C[C@H](O)[C@H](Cl)CCCCl. The van der Waals surface area contributed by atoms with E-state index < -0.39 is 11.5 Å². The summed E-state index contributed by atoms with van der Waals surface area (Å²) in [5, 5.41) is 17.7. The number of aliphatic hydroxyl groups excluding tert-OH is 2. The van der Waals surface area contributed by atoms with Gasteiger partial charge < -0.3 is 10.2 Å². The van der Waals surface area contributed by atoms with Gasteiger partial charge in [0, 0.05) is 25.3 Å². The number of hydrogen-bond acceptors (Lipinski definition) is 3. The van der Waals surface area contributed by atoms with Crippen molar-refractivity contribution in [3.8, 4) is 0 Å². The lowest BCUT2D eigenvalue weighted by Gasteiger charge is -2.15. The molecule has 0 aliphatic heterocycles. The van der Waals surface area contributed by atoms with Crippen LogP contribution in [0, 0.1) is 0 Å². The molecule has 0 aromatic rings. The average Bonchev–Trinajstić information content (AvgIpc) is 2.22. The molecule has 3 nitrogen and oxygen atoms in total. The van der Waals surface area contributed by atoms with Gasteiger partial charge in [0.05, 0.1) is 11.5 Å². The van der Waals surface area contributed by atoms with E-state index in [0.29, 0.717) is 25.1 Å². The second-order valence-electron chi connectivity index (χ2n) is 3.48. The molecule has 5 heteroatoms. The summed E-state index contributed by atoms with van der Waals surface area (Å²) in [5.74, 6) is 0.446. The maximum Gasteiger partial charge on any atom is 0.135 e. The smallest absolute Gasteiger partial charge is 0.135 e. The normalized spacial score (nSPS) is 14.9. The van der Waals surface area contributed by atoms with Crippen molar-refractivity contribution in [2.24, 2.45) is 0 Å². The zero-order chi connectivity index (χ0) is 11.7. The van der Waals surface area contributed by atoms with Crippen LogP contribution in [0.3, 0.4) is 0 Å². The summed E-state index contributed by atoms with van der Waals surface area (Å²) in [6, 6.07) is 0. The highest BCUT2D eigenvalue weighted by atomic mass is 35.5. The van der Waals surface area contributed by atoms with E-state index in [4.69, 9.17) is 28.3 Å². The van der Waals surface area contributed by atoms with Gasteiger partial charge in [-0.2, -0.15) is 0 Å². The van der Waals surface area contributed by atoms with Crippen LogP contribution < -0.4 is 0 Å². The molecule has 2 N–H and O–H groups in total. The van der Waals surface area contributed by atoms with E-state index >= 15 is 0 Å². The molecule has 0 saturated heterocycles. The van der Waals surface area contributed by atoms with Gasteiger partial charge in [-0.05, 0) is 19.3 Å². The van der Waals surface area contributed by atoms with Crippen molar-refractivity contribution in [2.45, 2.75) is 43.6 Å². The van der Waals surface area contributed by atoms with Crippen molar-refractivity contribution in [3.63, 3.8) is 0 Å². The molecule has 0 saturated carbocycles. The highest BCUT2D eigenvalue weighted by Gasteiger charge is 2.18. The zero-order valence-corrected chi connectivity index (χ0v) is 10.2. The van der Waals surface area contributed by atoms with Crippen molar-refractivity contribution in [1.82, 2.24) is 0 Å². The van der Waals surface area contributed by atoms with Gasteiger partial charge in [-0.25, -0.2) is 0 Å². The number of alkyl halides is 2. The van der Waals surface area contributed by atoms with Crippen LogP contribution in [0.5, 0.6) is 0 Å². The fourth-order valence-electron chi connectivity index (χ4n) is 1.20. The molecule has 0 heterocycles. The fourth-order valence-corrected chi connectivity index (χ4v) is 1.60. The molecule has 0 aliphatic rings. The number of Topliss-reactive ketones (excluding diaryl/α,β-unsaturated/α-hetero) is 1. The Bertz CT molecular complexity index is 176. The molecule has 0 aromatic carbocycles. The van der Waals surface area contributed by atoms with Gasteiger partial charge in [0.25, 0.3) is 0 Å². The van der Waals surface area contributed by atoms with Gasteiger partial charge in [0.1, 0.15) is 5.78 Å². The molecule has 0 fully saturated rings. The fraction of sp³-hybridized carbons (Fsp3) is 0.900. The summed E-state index contributed by atoms with van der Waals surface area (Å²) < 4.78 is 0. The van der Waals surface area contributed by atoms with Crippen LogP contribution in [0.4, 0.5) is 0 Å². The lowest BCUT2D eigenvalue weighted by atomic mass is 10.0. The summed E-state index contributed by atoms with van der Waals surface area (Å²) in [6.07, 6.45) is 1.35. The largest absolute Gasteiger partial charge is 0.396 e. The lowest BCUT2D eigenvalue weighted by molar-refractivity contribution is -0.121. The maximum atomic E-state index is 11.2. The second-order valence-corrected chi connectivity index (χ2v) is 4.42. The first-order chi connectivity index (χ1) is 7.11. The predicted octanol–water partition coefficient (Wildman–Crippen LogP) is 1.71. The van der Waals surface area contributed by atoms with E-state index in [9.17, 15) is 9.90 Å². The van der Waals surface area contributed by atoms with Crippen molar-refractivity contribution in [3.05, 3.63) is 0 Å². The van der Waals surface area contributed by atoms with Gasteiger partial charge in [-0.3, -0.25) is 4.79 Å². The number of halogens is 2. The van der Waals surface area contributed by atoms with E-state index in [1.807, 2.05) is 0 Å². The molecule has 2 atom stereocenters. The van der Waals surface area contributed by atoms with E-state index in [-0.39, 0.29) is 18.8 Å². The molecular weight excluding hydrogens is 239 g/mol. The third-order valence-corrected chi connectivity index (χ3v) is 2.86. The monoisotopic (exact) mass is 256 g/mol. The molecule has 90 valence electrons. The van der Waals surface area contributed by atoms with Crippen LogP contribution in [0.1, 0.15) is 32.1 Å². The Balaban J connectivity index is 3.69. The number of rotatable bonds is 9. The molecule has 0 rings (SSSR count). The molecule has 0 spiro atoms. The number of carbonyl (C=O) groups is 1. The zero-order valence-electron chi connectivity index (χ0n) is 8.66. The first-order valence-electron chi connectivity index (χ1n) is 5.12. The van der Waals surface area contributed by atoms with E-state index in [2.05, 4.69) is 0 Å². The number of ketones is 1. The third-order valence-electron chi connectivity index (χ3n) is 2.08. The van der Waals surface area contributed by atoms with Crippen molar-refractivity contribution in [2.75, 3.05) is 12.5 Å². The Morgan fingerprint density at radius 2 is 2.00 bits per heavy atom. The molecule has 15 heavy (non-hydrogen) atoms. The van der Waals surface area contributed by atoms with Crippen LogP contribution in [-0.2, 0) is 4.79 Å². The first kappa shape index (κ1) is 15.2. The van der Waals surface area contributed by atoms with Crippen LogP contribution >= 0.6 is 23.2 Å². The van der Waals surface area contributed by atoms with Crippen LogP contribution in [0.2, 0.25) is 0 Å². The minimum atomic E-state index is -0.805. The molecule has 0 bridgehead atoms. The summed E-state index contributed by atoms with van der Waals surface area (Å²) in [6.45, 7) is -0.00160. The molecule has 0 amide bonds. The Kier molecular flexibility index (Phi) is 9.51. The van der Waals surface area contributed by atoms with Crippen LogP contribution in [0.15, 0.2) is 0 Å². The van der Waals surface area contributed by atoms with E-state index in [1.165, 1.54) is 0 Å². The summed E-state index contributed by atoms with van der Waals surface area (Å²) >= 11 is 11.4. The Labute approximate surface area is 100 Å². The maximum absolute atomic E-state index is 11.2. The first-order valence-corrected chi connectivity index (χ1v) is 6.09. The topological polar surface area (TPSA) is 57.5 Å². The molecule has 0 aliphatic carbocycles. The lowest BCUT2D eigenvalue weighted by Crippen LogP contribution is -2.24. The number of hydrogen-bond donors (Lipinski definition) is 2. The molecule has 0 radical (unpaired) electrons. The quantitative estimate of drug-likeness (QED) is 0.618. The van der Waals surface area contributed by atoms with Crippen LogP contribution in [0.25, 0.3) is 0 Å². The van der Waals surface area contributed by atoms with Crippen molar-refractivity contribution in [1.29, 1.82) is 0 Å². The molecule has 0 unspecified atom stereocenters. The number of carbonyl (C=O) groups excluding carboxylic acids is 1. The standard InChI is InChI=1S/C10H18Cl2O3/c11-5-1-4-9(12)10(15)7-8(14)3-2-6-13/h9-10,13,15H,1-7H2/t9-,10+/m1/s1. The Morgan fingerprint density at radius 1 is 1.33 bits per heavy atom. The third kappa shape index (κ3) is 8.03. The van der Waals surface area contributed by atoms with Gasteiger partial charge in [0.15, 0.2) is 0 Å². The van der Waals surface area contributed by atoms with E-state index in [0.717, 1.165) is 6.42 Å². The van der Waals surface area contributed by atoms with Gasteiger partial charge in [0.2, 0.25) is 0 Å². The second kappa shape index (κ2) is 9.40. The van der Waals surface area contributed by atoms with E-state index in [1.54, 1.807) is 0 Å². The minimum absolute atomic E-state index is 0.00160. The number of aliphatic hydroxyl groups is 2. The molecular formula is C10H18Cl2O3. The van der Waals surface area contributed by atoms with Gasteiger partial charge >= 0.3 is 0 Å². The summed E-state index contributed by atoms with van der Waals surface area (Å²) in [5.41, 5.74) is 0. The van der Waals surface area contributed by atoms with Crippen molar-refractivity contribution >= 4 is 29.0 Å². The van der Waals surface area contributed by atoms with Gasteiger partial charge in [-0.1, -0.05) is 0 Å². The predicted molar refractivity (Wildman–Crippen MR) is 61.5 cm³/mol. The van der Waals surface area contributed by atoms with Gasteiger partial charge in [-0.15, -0.1) is 23.2 Å². The summed E-state index contributed by atoms with van der Waals surface area (Å²) in [4.78, 5) is 11.2. The Hall–Kier alpha value is 0.170. The highest BCUT2D eigenvalue weighted by Crippen LogP contribution is 2.14.